The Labute approximate surface area is 177 Å². The summed E-state index contributed by atoms with van der Waals surface area (Å²) < 4.78 is 5.27. The molecule has 2 heterocycles. The highest BCUT2D eigenvalue weighted by molar-refractivity contribution is 7.17. The van der Waals surface area contributed by atoms with Crippen molar-refractivity contribution in [3.8, 4) is 21.6 Å². The van der Waals surface area contributed by atoms with Gasteiger partial charge in [0.1, 0.15) is 9.75 Å². The average Bonchev–Trinajstić information content (AvgIpc) is 3.34. The number of carboxylic acids is 1. The predicted octanol–water partition coefficient (Wildman–Crippen LogP) is 5.63. The van der Waals surface area contributed by atoms with E-state index in [4.69, 9.17) is 9.84 Å². The molecule has 1 N–H and O–H groups in total. The molecule has 0 bridgehead atoms. The van der Waals surface area contributed by atoms with Crippen molar-refractivity contribution in [2.24, 2.45) is 4.99 Å². The van der Waals surface area contributed by atoms with Crippen LogP contribution in [0.25, 0.3) is 21.6 Å². The molecule has 3 aromatic rings. The molecule has 5 nitrogen and oxygen atoms in total. The molecule has 2 aromatic heterocycles. The number of benzene rings is 1. The Bertz CT molecular complexity index is 1060. The van der Waals surface area contributed by atoms with E-state index < -0.39 is 5.97 Å². The van der Waals surface area contributed by atoms with Crippen molar-refractivity contribution in [3.63, 3.8) is 0 Å². The predicted molar refractivity (Wildman–Crippen MR) is 119 cm³/mol. The van der Waals surface area contributed by atoms with E-state index in [1.165, 1.54) is 22.7 Å². The quantitative estimate of drug-likeness (QED) is 0.392. The van der Waals surface area contributed by atoms with E-state index in [1.54, 1.807) is 26.3 Å². The number of thiophene rings is 2. The van der Waals surface area contributed by atoms with Crippen molar-refractivity contribution in [3.05, 3.63) is 56.6 Å². The van der Waals surface area contributed by atoms with E-state index in [9.17, 15) is 9.59 Å². The second kappa shape index (κ2) is 9.15. The first-order valence-electron chi connectivity index (χ1n) is 9.19. The van der Waals surface area contributed by atoms with Gasteiger partial charge in [0.25, 0.3) is 0 Å². The van der Waals surface area contributed by atoms with Crippen molar-refractivity contribution in [1.82, 2.24) is 0 Å². The highest BCUT2D eigenvalue weighted by Gasteiger charge is 2.23. The Balaban J connectivity index is 2.07. The molecule has 29 heavy (non-hydrogen) atoms. The molecule has 150 valence electrons. The molecule has 0 aliphatic heterocycles. The Morgan fingerprint density at radius 3 is 2.31 bits per heavy atom. The summed E-state index contributed by atoms with van der Waals surface area (Å²) in [7, 11) is 1.71. The molecular formula is C22H21NO4S2. The van der Waals surface area contributed by atoms with Gasteiger partial charge in [-0.05, 0) is 36.6 Å². The monoisotopic (exact) mass is 427 g/mol. The first-order valence-corrected chi connectivity index (χ1v) is 10.8. The molecule has 0 aliphatic carbocycles. The molecule has 0 unspecified atom stereocenters. The summed E-state index contributed by atoms with van der Waals surface area (Å²) in [5.74, 6) is -1.25. The maximum atomic E-state index is 12.6. The number of ether oxygens (including phenoxy) is 1. The maximum Gasteiger partial charge on any atom is 0.348 e. The molecule has 0 saturated carbocycles. The van der Waals surface area contributed by atoms with Gasteiger partial charge in [0.05, 0.1) is 6.61 Å². The van der Waals surface area contributed by atoms with Crippen LogP contribution in [0, 0.1) is 0 Å². The Morgan fingerprint density at radius 2 is 1.76 bits per heavy atom. The number of carbonyl (C=O) groups is 2. The highest BCUT2D eigenvalue weighted by atomic mass is 32.1. The summed E-state index contributed by atoms with van der Waals surface area (Å²) >= 11 is 2.68. The van der Waals surface area contributed by atoms with E-state index in [0.717, 1.165) is 38.4 Å². The number of nitrogens with zero attached hydrogens (tertiary/aromatic N) is 1. The van der Waals surface area contributed by atoms with E-state index >= 15 is 0 Å². The lowest BCUT2D eigenvalue weighted by atomic mass is 9.98. The number of carbonyl (C=O) groups excluding carboxylic acids is 1. The van der Waals surface area contributed by atoms with Crippen LogP contribution in [0.4, 0.5) is 0 Å². The van der Waals surface area contributed by atoms with Gasteiger partial charge in [-0.2, -0.15) is 0 Å². The smallest absolute Gasteiger partial charge is 0.348 e. The van der Waals surface area contributed by atoms with Gasteiger partial charge in [0.15, 0.2) is 0 Å². The van der Waals surface area contributed by atoms with Crippen LogP contribution in [-0.2, 0) is 11.2 Å². The zero-order valence-corrected chi connectivity index (χ0v) is 18.0. The number of aliphatic imine (C=N–C) groups is 1. The molecular weight excluding hydrogens is 406 g/mol. The summed E-state index contributed by atoms with van der Waals surface area (Å²) in [6.45, 7) is 4.16. The normalized spacial score (nSPS) is 11.1. The van der Waals surface area contributed by atoms with Gasteiger partial charge in [-0.15, -0.1) is 22.7 Å². The number of aromatic carboxylic acids is 1. The van der Waals surface area contributed by atoms with Crippen molar-refractivity contribution in [2.75, 3.05) is 13.7 Å². The molecule has 0 spiro atoms. The fourth-order valence-corrected chi connectivity index (χ4v) is 5.03. The first kappa shape index (κ1) is 21.0. The second-order valence-corrected chi connectivity index (χ2v) is 8.34. The third-order valence-corrected chi connectivity index (χ3v) is 6.79. The third kappa shape index (κ3) is 4.31. The largest absolute Gasteiger partial charge is 0.477 e. The van der Waals surface area contributed by atoms with Crippen LogP contribution in [0.1, 0.15) is 43.6 Å². The summed E-state index contributed by atoms with van der Waals surface area (Å²) in [6.07, 6.45) is 2.59. The molecule has 0 aliphatic rings. The lowest BCUT2D eigenvalue weighted by Gasteiger charge is -2.07. The average molecular weight is 428 g/mol. The Kier molecular flexibility index (Phi) is 6.61. The van der Waals surface area contributed by atoms with E-state index in [0.29, 0.717) is 16.4 Å². The SMILES string of the molecule is CCOC(=O)c1sc(CC)c(C=NC)c1-c1ccc(-c2ccc(C(=O)O)s2)cc1. The fraction of sp³-hybridized carbons (Fsp3) is 0.227. The summed E-state index contributed by atoms with van der Waals surface area (Å²) in [5.41, 5.74) is 3.61. The zero-order chi connectivity index (χ0) is 21.0. The van der Waals surface area contributed by atoms with Gasteiger partial charge >= 0.3 is 11.9 Å². The lowest BCUT2D eigenvalue weighted by Crippen LogP contribution is -2.04. The summed E-state index contributed by atoms with van der Waals surface area (Å²) in [5, 5.41) is 9.13. The topological polar surface area (TPSA) is 76.0 Å². The van der Waals surface area contributed by atoms with Crippen molar-refractivity contribution >= 4 is 40.8 Å². The van der Waals surface area contributed by atoms with Crippen LogP contribution in [0.5, 0.6) is 0 Å². The number of hydrogen-bond acceptors (Lipinski definition) is 6. The van der Waals surface area contributed by atoms with Crippen LogP contribution in [0.2, 0.25) is 0 Å². The molecule has 0 saturated heterocycles. The molecule has 3 rings (SSSR count). The zero-order valence-electron chi connectivity index (χ0n) is 16.4. The van der Waals surface area contributed by atoms with Crippen LogP contribution in [-0.4, -0.2) is 36.9 Å². The van der Waals surface area contributed by atoms with Gasteiger partial charge in [-0.25, -0.2) is 9.59 Å². The lowest BCUT2D eigenvalue weighted by molar-refractivity contribution is 0.0532. The van der Waals surface area contributed by atoms with E-state index in [-0.39, 0.29) is 5.97 Å². The number of aryl methyl sites for hydroxylation is 1. The number of carboxylic acid groups (broad SMARTS) is 1. The molecule has 0 atom stereocenters. The summed E-state index contributed by atoms with van der Waals surface area (Å²) in [6, 6.07) is 11.2. The Hall–Kier alpha value is -2.77. The standard InChI is InChI=1S/C22H21NO4S2/c1-4-16-15(12-23-3)19(20(29-16)22(26)27-5-2)14-8-6-13(7-9-14)17-10-11-18(28-17)21(24)25/h6-12H,4-5H2,1-3H3,(H,24,25). The maximum absolute atomic E-state index is 12.6. The minimum absolute atomic E-state index is 0.306. The van der Waals surface area contributed by atoms with Gasteiger partial charge < -0.3 is 9.84 Å². The van der Waals surface area contributed by atoms with Gasteiger partial charge in [0, 0.05) is 34.1 Å². The highest BCUT2D eigenvalue weighted by Crippen LogP contribution is 2.38. The van der Waals surface area contributed by atoms with Crippen LogP contribution in [0.15, 0.2) is 41.4 Å². The Morgan fingerprint density at radius 1 is 1.07 bits per heavy atom. The molecule has 0 amide bonds. The fourth-order valence-electron chi connectivity index (χ4n) is 3.06. The molecule has 7 heteroatoms. The van der Waals surface area contributed by atoms with E-state index in [2.05, 4.69) is 11.9 Å². The first-order chi connectivity index (χ1) is 14.0. The molecule has 1 aromatic carbocycles. The van der Waals surface area contributed by atoms with Gasteiger partial charge in [0.2, 0.25) is 0 Å². The van der Waals surface area contributed by atoms with Crippen molar-refractivity contribution < 1.29 is 19.4 Å². The van der Waals surface area contributed by atoms with Crippen LogP contribution in [0.3, 0.4) is 0 Å². The van der Waals surface area contributed by atoms with Crippen molar-refractivity contribution in [1.29, 1.82) is 0 Å². The van der Waals surface area contributed by atoms with Gasteiger partial charge in [-0.3, -0.25) is 4.99 Å². The number of hydrogen-bond donors (Lipinski definition) is 1. The van der Waals surface area contributed by atoms with E-state index in [1.807, 2.05) is 30.3 Å². The number of esters is 1. The minimum Gasteiger partial charge on any atom is -0.477 e. The molecule has 0 fully saturated rings. The summed E-state index contributed by atoms with van der Waals surface area (Å²) in [4.78, 5) is 30.7. The second-order valence-electron chi connectivity index (χ2n) is 6.15. The van der Waals surface area contributed by atoms with Gasteiger partial charge in [-0.1, -0.05) is 31.2 Å². The van der Waals surface area contributed by atoms with Crippen LogP contribution >= 0.6 is 22.7 Å². The van der Waals surface area contributed by atoms with Crippen molar-refractivity contribution in [2.45, 2.75) is 20.3 Å². The number of rotatable bonds is 7. The minimum atomic E-state index is -0.925. The molecule has 0 radical (unpaired) electrons. The third-order valence-electron chi connectivity index (χ3n) is 4.34. The van der Waals surface area contributed by atoms with Crippen LogP contribution < -0.4 is 0 Å².